The van der Waals surface area contributed by atoms with E-state index in [1.165, 1.54) is 0 Å². The van der Waals surface area contributed by atoms with Crippen molar-refractivity contribution in [1.82, 2.24) is 10.9 Å². The van der Waals surface area contributed by atoms with E-state index in [-0.39, 0.29) is 5.91 Å². The first-order valence-electron chi connectivity index (χ1n) is 3.38. The molecule has 58 valence electrons. The molecule has 0 unspecified atom stereocenters. The first-order valence-corrected chi connectivity index (χ1v) is 3.38. The topological polar surface area (TPSA) is 41.1 Å². The zero-order valence-corrected chi connectivity index (χ0v) is 6.69. The third-order valence-electron chi connectivity index (χ3n) is 1.17. The SMILES string of the molecule is CC=C(C)C(=O)NNCC. The maximum absolute atomic E-state index is 10.9. The summed E-state index contributed by atoms with van der Waals surface area (Å²) < 4.78 is 0. The number of hydrogen-bond donors (Lipinski definition) is 2. The quantitative estimate of drug-likeness (QED) is 0.447. The maximum Gasteiger partial charge on any atom is 0.260 e. The Labute approximate surface area is 61.5 Å². The summed E-state index contributed by atoms with van der Waals surface area (Å²) in [6.07, 6.45) is 1.77. The molecule has 0 aromatic heterocycles. The third kappa shape index (κ3) is 3.25. The van der Waals surface area contributed by atoms with Crippen molar-refractivity contribution in [3.05, 3.63) is 11.6 Å². The van der Waals surface area contributed by atoms with E-state index in [0.717, 1.165) is 12.1 Å². The second-order valence-electron chi connectivity index (χ2n) is 1.96. The maximum atomic E-state index is 10.9. The minimum Gasteiger partial charge on any atom is -0.288 e. The van der Waals surface area contributed by atoms with Gasteiger partial charge >= 0.3 is 0 Å². The van der Waals surface area contributed by atoms with Crippen LogP contribution in [-0.2, 0) is 4.79 Å². The van der Waals surface area contributed by atoms with Crippen molar-refractivity contribution < 1.29 is 4.79 Å². The van der Waals surface area contributed by atoms with Crippen LogP contribution >= 0.6 is 0 Å². The standard InChI is InChI=1S/C7H14N2O/c1-4-6(3)7(10)9-8-5-2/h4,8H,5H2,1-3H3,(H,9,10). The molecule has 0 rings (SSSR count). The number of amides is 1. The Hall–Kier alpha value is -0.830. The van der Waals surface area contributed by atoms with Crippen LogP contribution in [-0.4, -0.2) is 12.5 Å². The van der Waals surface area contributed by atoms with Crippen LogP contribution in [0.2, 0.25) is 0 Å². The van der Waals surface area contributed by atoms with Crippen molar-refractivity contribution in [3.8, 4) is 0 Å². The van der Waals surface area contributed by atoms with Gasteiger partial charge in [0.05, 0.1) is 0 Å². The highest BCUT2D eigenvalue weighted by molar-refractivity contribution is 5.92. The summed E-state index contributed by atoms with van der Waals surface area (Å²) >= 11 is 0. The van der Waals surface area contributed by atoms with Crippen molar-refractivity contribution in [1.29, 1.82) is 0 Å². The molecule has 0 aliphatic heterocycles. The van der Waals surface area contributed by atoms with Crippen LogP contribution in [0, 0.1) is 0 Å². The van der Waals surface area contributed by atoms with Crippen molar-refractivity contribution in [3.63, 3.8) is 0 Å². The zero-order valence-electron chi connectivity index (χ0n) is 6.69. The summed E-state index contributed by atoms with van der Waals surface area (Å²) in [6.45, 7) is 6.27. The number of rotatable bonds is 3. The van der Waals surface area contributed by atoms with Gasteiger partial charge in [-0.05, 0) is 13.8 Å². The molecule has 0 atom stereocenters. The van der Waals surface area contributed by atoms with Gasteiger partial charge in [0, 0.05) is 12.1 Å². The number of carbonyl (C=O) groups is 1. The Morgan fingerprint density at radius 3 is 2.60 bits per heavy atom. The number of hydrazine groups is 1. The molecule has 0 fully saturated rings. The van der Waals surface area contributed by atoms with Gasteiger partial charge in [0.25, 0.3) is 5.91 Å². The molecule has 0 radical (unpaired) electrons. The molecule has 10 heavy (non-hydrogen) atoms. The molecule has 0 spiro atoms. The van der Waals surface area contributed by atoms with E-state index >= 15 is 0 Å². The summed E-state index contributed by atoms with van der Waals surface area (Å²) in [5, 5.41) is 0. The Morgan fingerprint density at radius 2 is 2.20 bits per heavy atom. The average Bonchev–Trinajstić information content (AvgIpc) is 1.98. The second kappa shape index (κ2) is 4.99. The van der Waals surface area contributed by atoms with Crippen LogP contribution in [0.3, 0.4) is 0 Å². The molecule has 3 nitrogen and oxygen atoms in total. The Morgan fingerprint density at radius 1 is 1.60 bits per heavy atom. The summed E-state index contributed by atoms with van der Waals surface area (Å²) in [5.74, 6) is -0.0654. The molecule has 0 aliphatic rings. The molecule has 0 aromatic rings. The number of hydrogen-bond acceptors (Lipinski definition) is 2. The molecule has 0 saturated heterocycles. The summed E-state index contributed by atoms with van der Waals surface area (Å²) in [6, 6.07) is 0. The molecule has 2 N–H and O–H groups in total. The zero-order chi connectivity index (χ0) is 7.98. The average molecular weight is 142 g/mol. The highest BCUT2D eigenvalue weighted by atomic mass is 16.2. The fourth-order valence-electron chi connectivity index (χ4n) is 0.398. The Balaban J connectivity index is 3.63. The minimum atomic E-state index is -0.0654. The minimum absolute atomic E-state index is 0.0654. The molecule has 0 aliphatic carbocycles. The van der Waals surface area contributed by atoms with Gasteiger partial charge in [-0.1, -0.05) is 13.0 Å². The Bertz CT molecular complexity index is 141. The van der Waals surface area contributed by atoms with Crippen molar-refractivity contribution in [2.45, 2.75) is 20.8 Å². The third-order valence-corrected chi connectivity index (χ3v) is 1.17. The van der Waals surface area contributed by atoms with Crippen molar-refractivity contribution in [2.75, 3.05) is 6.54 Å². The van der Waals surface area contributed by atoms with Gasteiger partial charge in [-0.25, -0.2) is 5.43 Å². The van der Waals surface area contributed by atoms with Crippen molar-refractivity contribution in [2.24, 2.45) is 0 Å². The van der Waals surface area contributed by atoms with Crippen LogP contribution in [0.25, 0.3) is 0 Å². The van der Waals surface area contributed by atoms with E-state index in [1.54, 1.807) is 13.0 Å². The lowest BCUT2D eigenvalue weighted by Crippen LogP contribution is -2.37. The molecule has 0 heterocycles. The molecular weight excluding hydrogens is 128 g/mol. The van der Waals surface area contributed by atoms with E-state index in [4.69, 9.17) is 0 Å². The number of nitrogens with one attached hydrogen (secondary N) is 2. The van der Waals surface area contributed by atoms with E-state index in [9.17, 15) is 4.79 Å². The fraction of sp³-hybridized carbons (Fsp3) is 0.571. The summed E-state index contributed by atoms with van der Waals surface area (Å²) in [5.41, 5.74) is 5.97. The first-order chi connectivity index (χ1) is 4.72. The molecule has 1 amide bonds. The van der Waals surface area contributed by atoms with Crippen LogP contribution in [0.4, 0.5) is 0 Å². The predicted molar refractivity (Wildman–Crippen MR) is 41.3 cm³/mol. The molecule has 3 heteroatoms. The van der Waals surface area contributed by atoms with Crippen LogP contribution in [0.1, 0.15) is 20.8 Å². The predicted octanol–water partition coefficient (Wildman–Crippen LogP) is 0.593. The lowest BCUT2D eigenvalue weighted by Gasteiger charge is -2.03. The normalized spacial score (nSPS) is 11.3. The molecule has 0 aromatic carbocycles. The van der Waals surface area contributed by atoms with E-state index in [1.807, 2.05) is 13.8 Å². The summed E-state index contributed by atoms with van der Waals surface area (Å²) in [7, 11) is 0. The summed E-state index contributed by atoms with van der Waals surface area (Å²) in [4.78, 5) is 10.9. The fourth-order valence-corrected chi connectivity index (χ4v) is 0.398. The highest BCUT2D eigenvalue weighted by Crippen LogP contribution is 1.88. The van der Waals surface area contributed by atoms with Crippen molar-refractivity contribution >= 4 is 5.91 Å². The monoisotopic (exact) mass is 142 g/mol. The van der Waals surface area contributed by atoms with Gasteiger partial charge in [0.1, 0.15) is 0 Å². The van der Waals surface area contributed by atoms with Gasteiger partial charge in [-0.15, -0.1) is 0 Å². The van der Waals surface area contributed by atoms with E-state index in [0.29, 0.717) is 0 Å². The van der Waals surface area contributed by atoms with E-state index in [2.05, 4.69) is 10.9 Å². The smallest absolute Gasteiger partial charge is 0.260 e. The Kier molecular flexibility index (Phi) is 4.58. The highest BCUT2D eigenvalue weighted by Gasteiger charge is 1.98. The van der Waals surface area contributed by atoms with Gasteiger partial charge in [0.2, 0.25) is 0 Å². The van der Waals surface area contributed by atoms with Gasteiger partial charge in [0.15, 0.2) is 0 Å². The number of allylic oxidation sites excluding steroid dienone is 1. The molecule has 0 saturated carbocycles. The lowest BCUT2D eigenvalue weighted by molar-refractivity contribution is -0.118. The van der Waals surface area contributed by atoms with Gasteiger partial charge < -0.3 is 0 Å². The lowest BCUT2D eigenvalue weighted by atomic mass is 10.3. The number of carbonyl (C=O) groups excluding carboxylic acids is 1. The largest absolute Gasteiger partial charge is 0.288 e. The van der Waals surface area contributed by atoms with Gasteiger partial charge in [-0.2, -0.15) is 0 Å². The molecular formula is C7H14N2O. The van der Waals surface area contributed by atoms with Crippen LogP contribution in [0.5, 0.6) is 0 Å². The van der Waals surface area contributed by atoms with Crippen LogP contribution < -0.4 is 10.9 Å². The van der Waals surface area contributed by atoms with Crippen LogP contribution in [0.15, 0.2) is 11.6 Å². The second-order valence-corrected chi connectivity index (χ2v) is 1.96. The first kappa shape index (κ1) is 9.17. The molecule has 0 bridgehead atoms. The van der Waals surface area contributed by atoms with Gasteiger partial charge in [-0.3, -0.25) is 10.2 Å². The van der Waals surface area contributed by atoms with E-state index < -0.39 is 0 Å².